The van der Waals surface area contributed by atoms with Gasteiger partial charge in [0.25, 0.3) is 0 Å². The molecule has 0 saturated carbocycles. The average Bonchev–Trinajstić information content (AvgIpc) is 2.83. The van der Waals surface area contributed by atoms with E-state index in [9.17, 15) is 13.2 Å². The summed E-state index contributed by atoms with van der Waals surface area (Å²) in [5.74, 6) is 0.361. The van der Waals surface area contributed by atoms with Gasteiger partial charge < -0.3 is 11.1 Å². The SMILES string of the molecule is CCCC(CN)Nc1nccn2nc(C(F)(F)F)cc12. The molecule has 110 valence electrons. The lowest BCUT2D eigenvalue weighted by atomic mass is 10.1. The number of nitrogens with zero attached hydrogens (tertiary/aromatic N) is 3. The van der Waals surface area contributed by atoms with Crippen molar-refractivity contribution in [1.82, 2.24) is 14.6 Å². The number of rotatable bonds is 5. The van der Waals surface area contributed by atoms with Crippen LogP contribution in [0.25, 0.3) is 5.52 Å². The van der Waals surface area contributed by atoms with Crippen LogP contribution in [0.15, 0.2) is 18.5 Å². The Kier molecular flexibility index (Phi) is 4.12. The van der Waals surface area contributed by atoms with Crippen LogP contribution < -0.4 is 11.1 Å². The van der Waals surface area contributed by atoms with E-state index in [4.69, 9.17) is 5.73 Å². The van der Waals surface area contributed by atoms with Crippen molar-refractivity contribution in [3.63, 3.8) is 0 Å². The fourth-order valence-electron chi connectivity index (χ4n) is 1.96. The monoisotopic (exact) mass is 287 g/mol. The lowest BCUT2D eigenvalue weighted by Gasteiger charge is -2.16. The lowest BCUT2D eigenvalue weighted by Crippen LogP contribution is -2.29. The van der Waals surface area contributed by atoms with Crippen molar-refractivity contribution in [3.8, 4) is 0 Å². The van der Waals surface area contributed by atoms with Crippen molar-refractivity contribution in [2.75, 3.05) is 11.9 Å². The molecule has 0 spiro atoms. The predicted octanol–water partition coefficient (Wildman–Crippen LogP) is 2.29. The van der Waals surface area contributed by atoms with Gasteiger partial charge in [-0.3, -0.25) is 0 Å². The molecule has 0 aliphatic rings. The number of aromatic nitrogens is 3. The summed E-state index contributed by atoms with van der Waals surface area (Å²) in [4.78, 5) is 4.08. The number of anilines is 1. The molecule has 1 unspecified atom stereocenters. The smallest absolute Gasteiger partial charge is 0.364 e. The highest BCUT2D eigenvalue weighted by Crippen LogP contribution is 2.30. The molecule has 2 rings (SSSR count). The molecule has 0 fully saturated rings. The first-order valence-corrected chi connectivity index (χ1v) is 6.34. The van der Waals surface area contributed by atoms with Crippen molar-refractivity contribution >= 4 is 11.3 Å². The van der Waals surface area contributed by atoms with E-state index < -0.39 is 11.9 Å². The molecular weight excluding hydrogens is 271 g/mol. The fourth-order valence-corrected chi connectivity index (χ4v) is 1.96. The van der Waals surface area contributed by atoms with E-state index in [0.717, 1.165) is 23.4 Å². The van der Waals surface area contributed by atoms with Gasteiger partial charge in [0, 0.05) is 31.0 Å². The molecule has 2 aromatic rings. The van der Waals surface area contributed by atoms with E-state index in [2.05, 4.69) is 15.4 Å². The Hall–Kier alpha value is -1.83. The van der Waals surface area contributed by atoms with Gasteiger partial charge in [0.15, 0.2) is 11.5 Å². The highest BCUT2D eigenvalue weighted by Gasteiger charge is 2.34. The van der Waals surface area contributed by atoms with Crippen LogP contribution in [-0.2, 0) is 6.18 Å². The van der Waals surface area contributed by atoms with Gasteiger partial charge in [0.1, 0.15) is 5.52 Å². The van der Waals surface area contributed by atoms with Gasteiger partial charge in [-0.15, -0.1) is 0 Å². The Balaban J connectivity index is 2.36. The van der Waals surface area contributed by atoms with Crippen molar-refractivity contribution in [2.24, 2.45) is 5.73 Å². The molecule has 0 saturated heterocycles. The summed E-state index contributed by atoms with van der Waals surface area (Å²) in [5.41, 5.74) is 4.98. The number of fused-ring (bicyclic) bond motifs is 1. The van der Waals surface area contributed by atoms with Crippen molar-refractivity contribution in [2.45, 2.75) is 32.0 Å². The second-order valence-electron chi connectivity index (χ2n) is 4.50. The normalized spacial score (nSPS) is 13.7. The highest BCUT2D eigenvalue weighted by molar-refractivity contribution is 5.68. The van der Waals surface area contributed by atoms with Crippen molar-refractivity contribution in [3.05, 3.63) is 24.2 Å². The zero-order chi connectivity index (χ0) is 14.8. The van der Waals surface area contributed by atoms with E-state index in [-0.39, 0.29) is 11.6 Å². The Bertz CT molecular complexity index is 578. The van der Waals surface area contributed by atoms with Gasteiger partial charge in [0.2, 0.25) is 0 Å². The van der Waals surface area contributed by atoms with Gasteiger partial charge >= 0.3 is 6.18 Å². The number of alkyl halides is 3. The van der Waals surface area contributed by atoms with Gasteiger partial charge in [-0.25, -0.2) is 9.50 Å². The Morgan fingerprint density at radius 3 is 2.80 bits per heavy atom. The summed E-state index contributed by atoms with van der Waals surface area (Å²) >= 11 is 0. The summed E-state index contributed by atoms with van der Waals surface area (Å²) < 4.78 is 39.2. The van der Waals surface area contributed by atoms with Crippen LogP contribution in [0.3, 0.4) is 0 Å². The van der Waals surface area contributed by atoms with E-state index in [1.54, 1.807) is 0 Å². The maximum Gasteiger partial charge on any atom is 0.435 e. The highest BCUT2D eigenvalue weighted by atomic mass is 19.4. The van der Waals surface area contributed by atoms with Crippen LogP contribution in [-0.4, -0.2) is 27.2 Å². The fraction of sp³-hybridized carbons (Fsp3) is 0.500. The van der Waals surface area contributed by atoms with E-state index >= 15 is 0 Å². The maximum absolute atomic E-state index is 12.7. The minimum absolute atomic E-state index is 0.0251. The Labute approximate surface area is 114 Å². The largest absolute Gasteiger partial charge is 0.435 e. The molecule has 0 bridgehead atoms. The zero-order valence-corrected chi connectivity index (χ0v) is 11.0. The molecule has 2 heterocycles. The van der Waals surface area contributed by atoms with Crippen molar-refractivity contribution in [1.29, 1.82) is 0 Å². The third-order valence-electron chi connectivity index (χ3n) is 2.94. The number of nitrogens with one attached hydrogen (secondary N) is 1. The topological polar surface area (TPSA) is 68.2 Å². The number of hydrogen-bond donors (Lipinski definition) is 2. The number of hydrogen-bond acceptors (Lipinski definition) is 4. The van der Waals surface area contributed by atoms with Crippen LogP contribution in [0.2, 0.25) is 0 Å². The van der Waals surface area contributed by atoms with Crippen LogP contribution in [0, 0.1) is 0 Å². The first-order chi connectivity index (χ1) is 9.45. The standard InChI is InChI=1S/C12H16F3N5/c1-2-3-8(7-16)18-11-9-6-10(12(13,14)15)19-20(9)5-4-17-11/h4-6,8H,2-3,7,16H2,1H3,(H,17,18). The molecule has 5 nitrogen and oxygen atoms in total. The zero-order valence-electron chi connectivity index (χ0n) is 11.0. The molecule has 2 aromatic heterocycles. The van der Waals surface area contributed by atoms with E-state index in [1.807, 2.05) is 6.92 Å². The number of halogens is 3. The van der Waals surface area contributed by atoms with Crippen LogP contribution in [0.1, 0.15) is 25.5 Å². The lowest BCUT2D eigenvalue weighted by molar-refractivity contribution is -0.141. The molecule has 0 aromatic carbocycles. The summed E-state index contributed by atoms with van der Waals surface area (Å²) in [5, 5.41) is 6.58. The van der Waals surface area contributed by atoms with Gasteiger partial charge in [-0.05, 0) is 6.42 Å². The summed E-state index contributed by atoms with van der Waals surface area (Å²) in [7, 11) is 0. The first-order valence-electron chi connectivity index (χ1n) is 6.34. The van der Waals surface area contributed by atoms with Crippen molar-refractivity contribution < 1.29 is 13.2 Å². The van der Waals surface area contributed by atoms with E-state index in [0.29, 0.717) is 12.4 Å². The molecule has 0 aliphatic carbocycles. The third kappa shape index (κ3) is 3.01. The van der Waals surface area contributed by atoms with Gasteiger partial charge in [-0.1, -0.05) is 13.3 Å². The summed E-state index contributed by atoms with van der Waals surface area (Å²) in [6.07, 6.45) is 0.0551. The average molecular weight is 287 g/mol. The second-order valence-corrected chi connectivity index (χ2v) is 4.50. The maximum atomic E-state index is 12.7. The summed E-state index contributed by atoms with van der Waals surface area (Å²) in [6.45, 7) is 2.40. The van der Waals surface area contributed by atoms with Crippen LogP contribution >= 0.6 is 0 Å². The molecule has 0 radical (unpaired) electrons. The molecule has 3 N–H and O–H groups in total. The predicted molar refractivity (Wildman–Crippen MR) is 69.4 cm³/mol. The Morgan fingerprint density at radius 2 is 2.20 bits per heavy atom. The molecule has 0 amide bonds. The third-order valence-corrected chi connectivity index (χ3v) is 2.94. The quantitative estimate of drug-likeness (QED) is 0.885. The summed E-state index contributed by atoms with van der Waals surface area (Å²) in [6, 6.07) is 0.956. The number of nitrogens with two attached hydrogens (primary N) is 1. The van der Waals surface area contributed by atoms with E-state index in [1.165, 1.54) is 12.4 Å². The molecule has 1 atom stereocenters. The van der Waals surface area contributed by atoms with Crippen LogP contribution in [0.5, 0.6) is 0 Å². The first kappa shape index (κ1) is 14.6. The van der Waals surface area contributed by atoms with Gasteiger partial charge in [-0.2, -0.15) is 18.3 Å². The minimum Gasteiger partial charge on any atom is -0.364 e. The second kappa shape index (κ2) is 5.66. The molecule has 8 heteroatoms. The minimum atomic E-state index is -4.47. The molecule has 0 aliphatic heterocycles. The molecular formula is C12H16F3N5. The Morgan fingerprint density at radius 1 is 1.45 bits per heavy atom. The van der Waals surface area contributed by atoms with Gasteiger partial charge in [0.05, 0.1) is 0 Å². The molecule has 20 heavy (non-hydrogen) atoms. The van der Waals surface area contributed by atoms with Crippen LogP contribution in [0.4, 0.5) is 19.0 Å².